The molecule has 0 spiro atoms. The van der Waals surface area contributed by atoms with Crippen LogP contribution in [0.25, 0.3) is 0 Å². The number of rotatable bonds is 5. The van der Waals surface area contributed by atoms with E-state index in [1.807, 2.05) is 0 Å². The Labute approximate surface area is 158 Å². The van der Waals surface area contributed by atoms with Gasteiger partial charge in [0.2, 0.25) is 0 Å². The van der Waals surface area contributed by atoms with E-state index in [2.05, 4.69) is 5.32 Å². The third-order valence-electron chi connectivity index (χ3n) is 4.14. The lowest BCUT2D eigenvalue weighted by Gasteiger charge is -2.28. The van der Waals surface area contributed by atoms with Crippen molar-refractivity contribution in [2.45, 2.75) is 38.5 Å². The van der Waals surface area contributed by atoms with Crippen LogP contribution in [0.3, 0.4) is 0 Å². The lowest BCUT2D eigenvalue weighted by atomic mass is 10.0. The molecule has 8 heteroatoms. The van der Waals surface area contributed by atoms with Gasteiger partial charge in [0.1, 0.15) is 17.7 Å². The molecular weight excluding hydrogens is 352 g/mol. The van der Waals surface area contributed by atoms with Crippen LogP contribution in [0.4, 0.5) is 4.79 Å². The zero-order valence-corrected chi connectivity index (χ0v) is 16.3. The fraction of sp³-hybridized carbons (Fsp3) is 0.526. The number of carbonyl (C=O) groups excluding carboxylic acids is 3. The second-order valence-corrected chi connectivity index (χ2v) is 7.15. The molecule has 1 aromatic rings. The summed E-state index contributed by atoms with van der Waals surface area (Å²) in [5.74, 6) is -0.961. The number of amides is 1. The van der Waals surface area contributed by atoms with E-state index in [-0.39, 0.29) is 13.1 Å². The molecule has 148 valence electrons. The van der Waals surface area contributed by atoms with Crippen molar-refractivity contribution in [3.8, 4) is 0 Å². The molecular formula is C19H26N2O6. The minimum absolute atomic E-state index is 0.184. The maximum absolute atomic E-state index is 12.4. The number of hydrogen-bond donors (Lipinski definition) is 1. The van der Waals surface area contributed by atoms with Crippen LogP contribution in [-0.2, 0) is 23.8 Å². The Morgan fingerprint density at radius 2 is 1.48 bits per heavy atom. The number of nitrogens with one attached hydrogen (secondary N) is 1. The van der Waals surface area contributed by atoms with Crippen LogP contribution >= 0.6 is 0 Å². The van der Waals surface area contributed by atoms with Crippen molar-refractivity contribution in [1.29, 1.82) is 0 Å². The molecule has 1 amide bonds. The summed E-state index contributed by atoms with van der Waals surface area (Å²) in [6, 6.07) is 5.66. The second-order valence-electron chi connectivity index (χ2n) is 7.15. The maximum atomic E-state index is 12.4. The monoisotopic (exact) mass is 378 g/mol. The van der Waals surface area contributed by atoms with Crippen LogP contribution in [0.5, 0.6) is 0 Å². The Morgan fingerprint density at radius 3 is 1.89 bits per heavy atom. The SMILES string of the molecule is COC(=O)C1c2ccccc2C(C(=O)OC)N1CCNC(=O)OC(C)(C)C. The molecule has 1 aromatic carbocycles. The lowest BCUT2D eigenvalue weighted by Crippen LogP contribution is -2.42. The van der Waals surface area contributed by atoms with Crippen molar-refractivity contribution in [2.75, 3.05) is 27.3 Å². The Bertz CT molecular complexity index is 669. The molecule has 27 heavy (non-hydrogen) atoms. The molecule has 1 N–H and O–H groups in total. The van der Waals surface area contributed by atoms with Gasteiger partial charge in [-0.2, -0.15) is 0 Å². The Morgan fingerprint density at radius 1 is 1.00 bits per heavy atom. The fourth-order valence-electron chi connectivity index (χ4n) is 3.12. The second kappa shape index (κ2) is 8.39. The average molecular weight is 378 g/mol. The van der Waals surface area contributed by atoms with Gasteiger partial charge in [-0.1, -0.05) is 24.3 Å². The van der Waals surface area contributed by atoms with Gasteiger partial charge in [-0.25, -0.2) is 14.4 Å². The highest BCUT2D eigenvalue weighted by Gasteiger charge is 2.46. The number of fused-ring (bicyclic) bond motifs is 1. The van der Waals surface area contributed by atoms with Crippen LogP contribution in [-0.4, -0.2) is 55.8 Å². The number of nitrogens with zero attached hydrogens (tertiary/aromatic N) is 1. The quantitative estimate of drug-likeness (QED) is 0.618. The van der Waals surface area contributed by atoms with E-state index < -0.39 is 35.7 Å². The van der Waals surface area contributed by atoms with Gasteiger partial charge in [0.15, 0.2) is 0 Å². The maximum Gasteiger partial charge on any atom is 0.407 e. The van der Waals surface area contributed by atoms with Gasteiger partial charge in [-0.15, -0.1) is 0 Å². The van der Waals surface area contributed by atoms with Gasteiger partial charge in [0.05, 0.1) is 14.2 Å². The van der Waals surface area contributed by atoms with Gasteiger partial charge in [0, 0.05) is 13.1 Å². The molecule has 0 bridgehead atoms. The molecule has 0 aromatic heterocycles. The molecule has 1 aliphatic heterocycles. The van der Waals surface area contributed by atoms with Crippen LogP contribution in [0.1, 0.15) is 44.0 Å². The summed E-state index contributed by atoms with van der Waals surface area (Å²) in [5.41, 5.74) is 0.769. The van der Waals surface area contributed by atoms with Crippen molar-refractivity contribution >= 4 is 18.0 Å². The molecule has 0 radical (unpaired) electrons. The molecule has 2 unspecified atom stereocenters. The first-order valence-electron chi connectivity index (χ1n) is 8.66. The van der Waals surface area contributed by atoms with E-state index >= 15 is 0 Å². The van der Waals surface area contributed by atoms with Gasteiger partial charge in [-0.05, 0) is 31.9 Å². The average Bonchev–Trinajstić information content (AvgIpc) is 2.93. The number of ether oxygens (including phenoxy) is 3. The predicted octanol–water partition coefficient (Wildman–Crippen LogP) is 1.96. The van der Waals surface area contributed by atoms with E-state index in [9.17, 15) is 14.4 Å². The van der Waals surface area contributed by atoms with Crippen LogP contribution in [0.15, 0.2) is 24.3 Å². The van der Waals surface area contributed by atoms with E-state index in [1.54, 1.807) is 49.9 Å². The third-order valence-corrected chi connectivity index (χ3v) is 4.14. The van der Waals surface area contributed by atoms with Crippen molar-refractivity contribution in [3.05, 3.63) is 35.4 Å². The minimum atomic E-state index is -0.754. The minimum Gasteiger partial charge on any atom is -0.468 e. The number of esters is 2. The molecule has 0 fully saturated rings. The molecule has 8 nitrogen and oxygen atoms in total. The number of alkyl carbamates (subject to hydrolysis) is 1. The van der Waals surface area contributed by atoms with E-state index in [0.29, 0.717) is 11.1 Å². The summed E-state index contributed by atoms with van der Waals surface area (Å²) < 4.78 is 15.1. The summed E-state index contributed by atoms with van der Waals surface area (Å²) in [7, 11) is 2.60. The van der Waals surface area contributed by atoms with E-state index in [1.165, 1.54) is 14.2 Å². The smallest absolute Gasteiger partial charge is 0.407 e. The van der Waals surface area contributed by atoms with E-state index in [4.69, 9.17) is 14.2 Å². The molecule has 2 atom stereocenters. The molecule has 0 saturated carbocycles. The molecule has 1 heterocycles. The summed E-state index contributed by atoms with van der Waals surface area (Å²) >= 11 is 0. The fourth-order valence-corrected chi connectivity index (χ4v) is 3.12. The Kier molecular flexibility index (Phi) is 6.43. The third kappa shape index (κ3) is 4.77. The standard InChI is InChI=1S/C19H26N2O6/c1-19(2,3)27-18(24)20-10-11-21-14(16(22)25-4)12-8-6-7-9-13(12)15(21)17(23)26-5/h6-9,14-15H,10-11H2,1-5H3,(H,20,24). The van der Waals surface area contributed by atoms with Crippen molar-refractivity contribution < 1.29 is 28.6 Å². The molecule has 0 saturated heterocycles. The van der Waals surface area contributed by atoms with Crippen LogP contribution < -0.4 is 5.32 Å². The Balaban J connectivity index is 2.21. The van der Waals surface area contributed by atoms with Gasteiger partial charge in [-0.3, -0.25) is 4.90 Å². The van der Waals surface area contributed by atoms with Gasteiger partial charge >= 0.3 is 18.0 Å². The normalized spacial score (nSPS) is 19.1. The zero-order valence-electron chi connectivity index (χ0n) is 16.3. The molecule has 0 aliphatic carbocycles. The largest absolute Gasteiger partial charge is 0.468 e. The Hall–Kier alpha value is -2.61. The highest BCUT2D eigenvalue weighted by molar-refractivity contribution is 5.86. The van der Waals surface area contributed by atoms with Crippen molar-refractivity contribution in [3.63, 3.8) is 0 Å². The highest BCUT2D eigenvalue weighted by atomic mass is 16.6. The number of carbonyl (C=O) groups is 3. The van der Waals surface area contributed by atoms with Crippen LogP contribution in [0, 0.1) is 0 Å². The predicted molar refractivity (Wildman–Crippen MR) is 96.9 cm³/mol. The summed E-state index contributed by atoms with van der Waals surface area (Å²) in [6.45, 7) is 5.72. The van der Waals surface area contributed by atoms with Crippen LogP contribution in [0.2, 0.25) is 0 Å². The number of hydrogen-bond acceptors (Lipinski definition) is 7. The first kappa shape index (κ1) is 20.7. The topological polar surface area (TPSA) is 94.2 Å². The number of benzene rings is 1. The highest BCUT2D eigenvalue weighted by Crippen LogP contribution is 2.42. The zero-order chi connectivity index (χ0) is 20.2. The first-order valence-corrected chi connectivity index (χ1v) is 8.66. The first-order chi connectivity index (χ1) is 12.7. The van der Waals surface area contributed by atoms with E-state index in [0.717, 1.165) is 0 Å². The summed E-state index contributed by atoms with van der Waals surface area (Å²) in [4.78, 5) is 38.3. The lowest BCUT2D eigenvalue weighted by molar-refractivity contribution is -0.153. The summed E-state index contributed by atoms with van der Waals surface area (Å²) in [6.07, 6.45) is -0.566. The number of methoxy groups -OCH3 is 2. The molecule has 1 aliphatic rings. The van der Waals surface area contributed by atoms with Gasteiger partial charge < -0.3 is 19.5 Å². The van der Waals surface area contributed by atoms with Gasteiger partial charge in [0.25, 0.3) is 0 Å². The summed E-state index contributed by atoms with van der Waals surface area (Å²) in [5, 5.41) is 2.64. The van der Waals surface area contributed by atoms with Crippen molar-refractivity contribution in [1.82, 2.24) is 10.2 Å². The molecule has 2 rings (SSSR count). The van der Waals surface area contributed by atoms with Crippen molar-refractivity contribution in [2.24, 2.45) is 0 Å².